The molecule has 0 unspecified atom stereocenters. The maximum Gasteiger partial charge on any atom is 0.340 e. The number of carbonyl (C=O) groups is 4. The average molecular weight is 492 g/mol. The van der Waals surface area contributed by atoms with Gasteiger partial charge in [-0.1, -0.05) is 32.6 Å². The molecule has 0 fully saturated rings. The Hall–Kier alpha value is -3.73. The Morgan fingerprint density at radius 2 is 1.94 bits per heavy atom. The van der Waals surface area contributed by atoms with Crippen LogP contribution in [0.3, 0.4) is 0 Å². The summed E-state index contributed by atoms with van der Waals surface area (Å²) in [5.74, 6) is -3.07. The van der Waals surface area contributed by atoms with E-state index in [-0.39, 0.29) is 36.7 Å². The fraction of sp³-hybridized carbons (Fsp3) is 0.417. The third-order valence-corrected chi connectivity index (χ3v) is 5.30. The number of halogens is 1. The maximum absolute atomic E-state index is 13.8. The lowest BCUT2D eigenvalue weighted by Crippen LogP contribution is -2.42. The molecule has 1 aromatic carbocycles. The highest BCUT2D eigenvalue weighted by Gasteiger charge is 2.21. The van der Waals surface area contributed by atoms with Crippen molar-refractivity contribution in [1.29, 1.82) is 0 Å². The molecular formula is C24H30FN3O7. The van der Waals surface area contributed by atoms with E-state index in [2.05, 4.69) is 22.3 Å². The lowest BCUT2D eigenvalue weighted by Gasteiger charge is -2.19. The average Bonchev–Trinajstić information content (AvgIpc) is 3.35. The predicted molar refractivity (Wildman–Crippen MR) is 123 cm³/mol. The van der Waals surface area contributed by atoms with Gasteiger partial charge in [0.25, 0.3) is 5.91 Å². The summed E-state index contributed by atoms with van der Waals surface area (Å²) in [6.45, 7) is 1.72. The highest BCUT2D eigenvalue weighted by Crippen LogP contribution is 2.25. The first-order chi connectivity index (χ1) is 16.8. The quantitative estimate of drug-likeness (QED) is 0.0922. The Morgan fingerprint density at radius 1 is 1.17 bits per heavy atom. The summed E-state index contributed by atoms with van der Waals surface area (Å²) in [6.07, 6.45) is 4.47. The molecule has 1 aromatic heterocycles. The van der Waals surface area contributed by atoms with Gasteiger partial charge in [0.1, 0.15) is 11.6 Å². The molecule has 0 saturated carbocycles. The summed E-state index contributed by atoms with van der Waals surface area (Å²) in [6, 6.07) is 6.64. The van der Waals surface area contributed by atoms with Crippen LogP contribution >= 0.6 is 0 Å². The summed E-state index contributed by atoms with van der Waals surface area (Å²) in [5, 5.41) is 15.0. The molecule has 3 amide bonds. The van der Waals surface area contributed by atoms with E-state index in [0.29, 0.717) is 17.0 Å². The third kappa shape index (κ3) is 8.21. The number of ether oxygens (including phenoxy) is 1. The van der Waals surface area contributed by atoms with Crippen LogP contribution in [-0.4, -0.2) is 54.8 Å². The van der Waals surface area contributed by atoms with Gasteiger partial charge >= 0.3 is 5.97 Å². The minimum Gasteiger partial charge on any atom is -0.465 e. The Morgan fingerprint density at radius 3 is 2.63 bits per heavy atom. The number of furan rings is 1. The highest BCUT2D eigenvalue weighted by atomic mass is 19.1. The Kier molecular flexibility index (Phi) is 10.9. The van der Waals surface area contributed by atoms with Crippen LogP contribution in [0.25, 0.3) is 11.3 Å². The molecule has 0 saturated heterocycles. The molecule has 35 heavy (non-hydrogen) atoms. The van der Waals surface area contributed by atoms with Gasteiger partial charge in [0.15, 0.2) is 5.76 Å². The number of nitrogens with zero attached hydrogens (tertiary/aromatic N) is 1. The van der Waals surface area contributed by atoms with Crippen LogP contribution in [0.4, 0.5) is 4.39 Å². The molecule has 0 aliphatic carbocycles. The second-order valence-corrected chi connectivity index (χ2v) is 7.85. The number of esters is 1. The monoisotopic (exact) mass is 491 g/mol. The van der Waals surface area contributed by atoms with E-state index in [4.69, 9.17) is 4.42 Å². The number of amides is 3. The van der Waals surface area contributed by atoms with Gasteiger partial charge in [0.2, 0.25) is 12.3 Å². The molecule has 2 rings (SSSR count). The van der Waals surface area contributed by atoms with Crippen LogP contribution < -0.4 is 10.6 Å². The molecule has 190 valence electrons. The maximum atomic E-state index is 13.8. The van der Waals surface area contributed by atoms with Crippen LogP contribution in [0, 0.1) is 11.7 Å². The van der Waals surface area contributed by atoms with Crippen LogP contribution in [0.2, 0.25) is 0 Å². The van der Waals surface area contributed by atoms with Crippen LogP contribution in [-0.2, 0) is 14.3 Å². The molecule has 0 bridgehead atoms. The van der Waals surface area contributed by atoms with Crippen LogP contribution in [0.15, 0.2) is 34.7 Å². The van der Waals surface area contributed by atoms with E-state index < -0.39 is 29.5 Å². The molecule has 0 aliphatic heterocycles. The number of hydrogen-bond acceptors (Lipinski definition) is 7. The van der Waals surface area contributed by atoms with Crippen molar-refractivity contribution in [1.82, 2.24) is 15.7 Å². The lowest BCUT2D eigenvalue weighted by molar-refractivity contribution is -0.154. The van der Waals surface area contributed by atoms with Crippen LogP contribution in [0.5, 0.6) is 0 Å². The molecule has 10 nitrogen and oxygen atoms in total. The number of rotatable bonds is 14. The van der Waals surface area contributed by atoms with Crippen molar-refractivity contribution in [3.63, 3.8) is 0 Å². The van der Waals surface area contributed by atoms with Crippen molar-refractivity contribution >= 4 is 24.2 Å². The van der Waals surface area contributed by atoms with Gasteiger partial charge in [-0.3, -0.25) is 19.6 Å². The highest BCUT2D eigenvalue weighted by molar-refractivity contribution is 5.93. The molecule has 0 radical (unpaired) electrons. The fourth-order valence-corrected chi connectivity index (χ4v) is 3.39. The summed E-state index contributed by atoms with van der Waals surface area (Å²) in [7, 11) is 1.14. The zero-order valence-corrected chi connectivity index (χ0v) is 19.7. The van der Waals surface area contributed by atoms with Gasteiger partial charge in [0, 0.05) is 5.56 Å². The van der Waals surface area contributed by atoms with E-state index >= 15 is 0 Å². The second-order valence-electron chi connectivity index (χ2n) is 7.85. The summed E-state index contributed by atoms with van der Waals surface area (Å²) in [4.78, 5) is 47.3. The van der Waals surface area contributed by atoms with E-state index in [0.717, 1.165) is 38.9 Å². The van der Waals surface area contributed by atoms with Crippen molar-refractivity contribution in [3.8, 4) is 11.3 Å². The fourth-order valence-electron chi connectivity index (χ4n) is 3.39. The number of hydroxylamine groups is 2. The minimum atomic E-state index is -0.842. The zero-order chi connectivity index (χ0) is 25.8. The number of benzene rings is 1. The molecule has 0 aliphatic rings. The SMILES string of the molecule is CCCCCC[C@H](CN(O)C=O)C(=O)NCNC(=O)c1ccc(-c2ccc(F)c(C(=O)OC)c2)o1. The Labute approximate surface area is 202 Å². The van der Waals surface area contributed by atoms with E-state index in [1.165, 1.54) is 24.3 Å². The van der Waals surface area contributed by atoms with E-state index in [1.54, 1.807) is 0 Å². The Bertz CT molecular complexity index is 1020. The van der Waals surface area contributed by atoms with Gasteiger partial charge in [-0.25, -0.2) is 14.2 Å². The molecule has 11 heteroatoms. The zero-order valence-electron chi connectivity index (χ0n) is 19.7. The third-order valence-electron chi connectivity index (χ3n) is 5.30. The van der Waals surface area contributed by atoms with Crippen molar-refractivity contribution in [2.24, 2.45) is 5.92 Å². The normalized spacial score (nSPS) is 11.4. The van der Waals surface area contributed by atoms with Crippen molar-refractivity contribution in [2.45, 2.75) is 39.0 Å². The number of carbonyl (C=O) groups excluding carboxylic acids is 4. The molecule has 1 atom stereocenters. The van der Waals surface area contributed by atoms with Gasteiger partial charge in [-0.15, -0.1) is 0 Å². The number of hydrogen-bond donors (Lipinski definition) is 3. The predicted octanol–water partition coefficient (Wildman–Crippen LogP) is 3.11. The van der Waals surface area contributed by atoms with Gasteiger partial charge in [-0.2, -0.15) is 0 Å². The van der Waals surface area contributed by atoms with Crippen molar-refractivity contribution in [2.75, 3.05) is 20.3 Å². The first-order valence-corrected chi connectivity index (χ1v) is 11.3. The standard InChI is InChI=1S/C24H30FN3O7/c1-3-4-5-6-7-17(13-28(33)15-29)22(30)26-14-27-23(31)21-11-10-20(35-21)16-8-9-19(25)18(12-16)24(32)34-2/h8-12,15,17,33H,3-7,13-14H2,1-2H3,(H,26,30)(H,27,31)/t17-/m1/s1. The Balaban J connectivity index is 1.94. The second kappa shape index (κ2) is 13.9. The summed E-state index contributed by atoms with van der Waals surface area (Å²) in [5.41, 5.74) is 0.101. The molecular weight excluding hydrogens is 461 g/mol. The number of unbranched alkanes of at least 4 members (excludes halogenated alkanes) is 3. The van der Waals surface area contributed by atoms with Crippen LogP contribution in [0.1, 0.15) is 59.9 Å². The topological polar surface area (TPSA) is 138 Å². The van der Waals surface area contributed by atoms with Crippen molar-refractivity contribution in [3.05, 3.63) is 47.5 Å². The molecule has 3 N–H and O–H groups in total. The number of methoxy groups -OCH3 is 1. The van der Waals surface area contributed by atoms with Crippen molar-refractivity contribution < 1.29 is 37.9 Å². The molecule has 2 aromatic rings. The van der Waals surface area contributed by atoms with Gasteiger partial charge in [-0.05, 0) is 36.8 Å². The van der Waals surface area contributed by atoms with Gasteiger partial charge < -0.3 is 19.8 Å². The summed E-state index contributed by atoms with van der Waals surface area (Å²) >= 11 is 0. The molecule has 1 heterocycles. The first kappa shape index (κ1) is 27.5. The largest absolute Gasteiger partial charge is 0.465 e. The minimum absolute atomic E-state index is 0.0585. The summed E-state index contributed by atoms with van der Waals surface area (Å²) < 4.78 is 23.9. The number of nitrogens with one attached hydrogen (secondary N) is 2. The van der Waals surface area contributed by atoms with Gasteiger partial charge in [0.05, 0.1) is 31.8 Å². The first-order valence-electron chi connectivity index (χ1n) is 11.3. The van der Waals surface area contributed by atoms with E-state index in [9.17, 15) is 28.8 Å². The smallest absolute Gasteiger partial charge is 0.340 e. The van der Waals surface area contributed by atoms with E-state index in [1.807, 2.05) is 0 Å². The lowest BCUT2D eigenvalue weighted by atomic mass is 9.99. The molecule has 0 spiro atoms.